The van der Waals surface area contributed by atoms with Crippen LogP contribution in [0.3, 0.4) is 0 Å². The number of carboxylic acid groups (broad SMARTS) is 1. The van der Waals surface area contributed by atoms with E-state index in [4.69, 9.17) is 9.84 Å². The molecule has 3 heteroatoms. The van der Waals surface area contributed by atoms with Crippen LogP contribution in [0.2, 0.25) is 0 Å². The minimum atomic E-state index is -1.04. The molecule has 0 amide bonds. The molecule has 1 N–H and O–H groups in total. The van der Waals surface area contributed by atoms with Crippen molar-refractivity contribution < 1.29 is 14.6 Å². The van der Waals surface area contributed by atoms with Gasteiger partial charge in [0, 0.05) is 5.56 Å². The fourth-order valence-corrected chi connectivity index (χ4v) is 1.01. The first-order valence-electron chi connectivity index (χ1n) is 3.72. The molecule has 0 fully saturated rings. The van der Waals surface area contributed by atoms with Crippen LogP contribution in [-0.2, 0) is 4.79 Å². The van der Waals surface area contributed by atoms with Crippen LogP contribution in [0, 0.1) is 0 Å². The second-order valence-corrected chi connectivity index (χ2v) is 2.48. The number of ether oxygens (including phenoxy) is 1. The summed E-state index contributed by atoms with van der Waals surface area (Å²) in [6, 6.07) is 6.88. The Bertz CT molecular complexity index is 342. The molecule has 0 heterocycles. The highest BCUT2D eigenvalue weighted by Crippen LogP contribution is 2.24. The number of carboxylic acids is 1. The fraction of sp³-hybridized carbons (Fsp3) is 0.100. The summed E-state index contributed by atoms with van der Waals surface area (Å²) >= 11 is 0. The molecule has 0 saturated heterocycles. The predicted octanol–water partition coefficient (Wildman–Crippen LogP) is 1.79. The van der Waals surface area contributed by atoms with Crippen molar-refractivity contribution in [3.8, 4) is 5.75 Å². The Hall–Kier alpha value is -1.77. The van der Waals surface area contributed by atoms with Crippen LogP contribution in [0.15, 0.2) is 30.8 Å². The zero-order valence-corrected chi connectivity index (χ0v) is 7.28. The van der Waals surface area contributed by atoms with Crippen molar-refractivity contribution >= 4 is 11.5 Å². The van der Waals surface area contributed by atoms with E-state index in [1.165, 1.54) is 7.11 Å². The molecule has 0 aromatic heterocycles. The highest BCUT2D eigenvalue weighted by Gasteiger charge is 2.11. The van der Waals surface area contributed by atoms with Crippen LogP contribution < -0.4 is 4.74 Å². The highest BCUT2D eigenvalue weighted by atomic mass is 16.5. The largest absolute Gasteiger partial charge is 0.496 e. The van der Waals surface area contributed by atoms with Gasteiger partial charge in [0.25, 0.3) is 0 Å². The van der Waals surface area contributed by atoms with Crippen LogP contribution in [0.5, 0.6) is 5.75 Å². The summed E-state index contributed by atoms with van der Waals surface area (Å²) in [6.45, 7) is 3.45. The minimum Gasteiger partial charge on any atom is -0.496 e. The SMILES string of the molecule is C=C(C(=O)O)c1ccccc1OC. The van der Waals surface area contributed by atoms with Crippen LogP contribution in [0.4, 0.5) is 0 Å². The molecule has 0 unspecified atom stereocenters. The smallest absolute Gasteiger partial charge is 0.335 e. The molecule has 13 heavy (non-hydrogen) atoms. The molecule has 1 aromatic carbocycles. The van der Waals surface area contributed by atoms with Crippen LogP contribution in [0.25, 0.3) is 5.57 Å². The number of benzene rings is 1. The number of hydrogen-bond donors (Lipinski definition) is 1. The lowest BCUT2D eigenvalue weighted by molar-refractivity contribution is -0.130. The van der Waals surface area contributed by atoms with Crippen molar-refractivity contribution in [1.29, 1.82) is 0 Å². The van der Waals surface area contributed by atoms with Crippen LogP contribution >= 0.6 is 0 Å². The summed E-state index contributed by atoms with van der Waals surface area (Å²) in [6.07, 6.45) is 0. The Kier molecular flexibility index (Phi) is 2.69. The van der Waals surface area contributed by atoms with E-state index in [0.29, 0.717) is 11.3 Å². The van der Waals surface area contributed by atoms with Crippen molar-refractivity contribution in [3.63, 3.8) is 0 Å². The van der Waals surface area contributed by atoms with Crippen molar-refractivity contribution in [2.75, 3.05) is 7.11 Å². The Morgan fingerprint density at radius 1 is 1.46 bits per heavy atom. The zero-order valence-electron chi connectivity index (χ0n) is 7.28. The monoisotopic (exact) mass is 178 g/mol. The molecular formula is C10H10O3. The quantitative estimate of drug-likeness (QED) is 0.718. The highest BCUT2D eigenvalue weighted by molar-refractivity contribution is 6.15. The number of hydrogen-bond acceptors (Lipinski definition) is 2. The molecule has 0 radical (unpaired) electrons. The van der Waals surface area contributed by atoms with Crippen molar-refractivity contribution in [2.45, 2.75) is 0 Å². The number of methoxy groups -OCH3 is 1. The van der Waals surface area contributed by atoms with E-state index in [1.54, 1.807) is 24.3 Å². The summed E-state index contributed by atoms with van der Waals surface area (Å²) in [5.41, 5.74) is 0.551. The van der Waals surface area contributed by atoms with E-state index in [2.05, 4.69) is 6.58 Å². The Labute approximate surface area is 76.3 Å². The molecule has 0 saturated carbocycles. The minimum absolute atomic E-state index is 0.0393. The Balaban J connectivity index is 3.13. The lowest BCUT2D eigenvalue weighted by Gasteiger charge is -2.06. The lowest BCUT2D eigenvalue weighted by atomic mass is 10.1. The number of carbonyl (C=O) groups is 1. The average molecular weight is 178 g/mol. The third kappa shape index (κ3) is 1.87. The van der Waals surface area contributed by atoms with E-state index in [1.807, 2.05) is 0 Å². The number of rotatable bonds is 3. The van der Waals surface area contributed by atoms with E-state index in [9.17, 15) is 4.79 Å². The normalized spacial score (nSPS) is 9.31. The first-order chi connectivity index (χ1) is 6.16. The average Bonchev–Trinajstić information content (AvgIpc) is 2.16. The predicted molar refractivity (Wildman–Crippen MR) is 49.7 cm³/mol. The first-order valence-corrected chi connectivity index (χ1v) is 3.72. The van der Waals surface area contributed by atoms with E-state index >= 15 is 0 Å². The topological polar surface area (TPSA) is 46.5 Å². The maximum Gasteiger partial charge on any atom is 0.335 e. The van der Waals surface area contributed by atoms with Gasteiger partial charge in [0.15, 0.2) is 0 Å². The summed E-state index contributed by atoms with van der Waals surface area (Å²) in [7, 11) is 1.49. The molecular weight excluding hydrogens is 168 g/mol. The van der Waals surface area contributed by atoms with Gasteiger partial charge in [-0.1, -0.05) is 24.8 Å². The molecule has 1 aromatic rings. The van der Waals surface area contributed by atoms with Gasteiger partial charge in [0.05, 0.1) is 12.7 Å². The third-order valence-corrected chi connectivity index (χ3v) is 1.69. The summed E-state index contributed by atoms with van der Waals surface area (Å²) < 4.78 is 4.99. The molecule has 0 bridgehead atoms. The zero-order chi connectivity index (χ0) is 9.84. The van der Waals surface area contributed by atoms with Gasteiger partial charge >= 0.3 is 5.97 Å². The lowest BCUT2D eigenvalue weighted by Crippen LogP contribution is -1.99. The molecule has 68 valence electrons. The van der Waals surface area contributed by atoms with Gasteiger partial charge in [0.1, 0.15) is 5.75 Å². The van der Waals surface area contributed by atoms with Crippen molar-refractivity contribution in [3.05, 3.63) is 36.4 Å². The van der Waals surface area contributed by atoms with Crippen molar-refractivity contribution in [2.24, 2.45) is 0 Å². The third-order valence-electron chi connectivity index (χ3n) is 1.69. The summed E-state index contributed by atoms with van der Waals surface area (Å²) in [4.78, 5) is 10.6. The van der Waals surface area contributed by atoms with Gasteiger partial charge in [-0.05, 0) is 6.07 Å². The van der Waals surface area contributed by atoms with Crippen molar-refractivity contribution in [1.82, 2.24) is 0 Å². The second-order valence-electron chi connectivity index (χ2n) is 2.48. The van der Waals surface area contributed by atoms with Gasteiger partial charge < -0.3 is 9.84 Å². The summed E-state index contributed by atoms with van der Waals surface area (Å²) in [5.74, 6) is -0.514. The van der Waals surface area contributed by atoms with Gasteiger partial charge in [0.2, 0.25) is 0 Å². The molecule has 3 nitrogen and oxygen atoms in total. The summed E-state index contributed by atoms with van der Waals surface area (Å²) in [5, 5.41) is 8.70. The van der Waals surface area contributed by atoms with Gasteiger partial charge in [-0.3, -0.25) is 0 Å². The standard InChI is InChI=1S/C10H10O3/c1-7(10(11)12)8-5-3-4-6-9(8)13-2/h3-6H,1H2,2H3,(H,11,12). The molecule has 0 atom stereocenters. The molecule has 0 spiro atoms. The second kappa shape index (κ2) is 3.76. The number of aliphatic carboxylic acids is 1. The van der Waals surface area contributed by atoms with Crippen LogP contribution in [-0.4, -0.2) is 18.2 Å². The molecule has 0 aliphatic heterocycles. The van der Waals surface area contributed by atoms with Crippen LogP contribution in [0.1, 0.15) is 5.56 Å². The van der Waals surface area contributed by atoms with Gasteiger partial charge in [-0.2, -0.15) is 0 Å². The Morgan fingerprint density at radius 2 is 2.08 bits per heavy atom. The van der Waals surface area contributed by atoms with E-state index in [0.717, 1.165) is 0 Å². The Morgan fingerprint density at radius 3 is 2.62 bits per heavy atom. The van der Waals surface area contributed by atoms with E-state index in [-0.39, 0.29) is 5.57 Å². The van der Waals surface area contributed by atoms with Gasteiger partial charge in [-0.25, -0.2) is 4.79 Å². The number of para-hydroxylation sites is 1. The fourth-order valence-electron chi connectivity index (χ4n) is 1.01. The van der Waals surface area contributed by atoms with E-state index < -0.39 is 5.97 Å². The van der Waals surface area contributed by atoms with Gasteiger partial charge in [-0.15, -0.1) is 0 Å². The molecule has 0 aliphatic rings. The maximum atomic E-state index is 10.6. The molecule has 1 rings (SSSR count). The first kappa shape index (κ1) is 9.32. The maximum absolute atomic E-state index is 10.6. The molecule has 0 aliphatic carbocycles.